The van der Waals surface area contributed by atoms with E-state index < -0.39 is 0 Å². The Bertz CT molecular complexity index is 796. The second kappa shape index (κ2) is 6.87. The van der Waals surface area contributed by atoms with E-state index >= 15 is 0 Å². The summed E-state index contributed by atoms with van der Waals surface area (Å²) in [6, 6.07) is 16.3. The topological polar surface area (TPSA) is 39.9 Å². The van der Waals surface area contributed by atoms with Crippen molar-refractivity contribution in [1.82, 2.24) is 14.8 Å². The van der Waals surface area contributed by atoms with Crippen LogP contribution in [0.4, 0.5) is 0 Å². The molecule has 0 atom stereocenters. The first-order chi connectivity index (χ1) is 11.2. The molecule has 0 bridgehead atoms. The van der Waals surface area contributed by atoms with Crippen LogP contribution in [0.1, 0.15) is 12.5 Å². The Balaban J connectivity index is 2.20. The first-order valence-electron chi connectivity index (χ1n) is 7.53. The van der Waals surface area contributed by atoms with Crippen LogP contribution < -0.4 is 4.74 Å². The number of hydrogen-bond acceptors (Lipinski definition) is 4. The van der Waals surface area contributed by atoms with Crippen LogP contribution in [0.25, 0.3) is 17.1 Å². The summed E-state index contributed by atoms with van der Waals surface area (Å²) in [5.74, 6) is 2.53. The van der Waals surface area contributed by atoms with Gasteiger partial charge in [-0.05, 0) is 36.9 Å². The lowest BCUT2D eigenvalue weighted by atomic mass is 10.1. The molecule has 1 heterocycles. The number of hydrogen-bond donors (Lipinski definition) is 0. The molecule has 5 heteroatoms. The molecule has 0 aliphatic carbocycles. The number of para-hydroxylation sites is 1. The average molecular weight is 325 g/mol. The van der Waals surface area contributed by atoms with Crippen LogP contribution >= 0.6 is 11.8 Å². The van der Waals surface area contributed by atoms with E-state index in [0.29, 0.717) is 0 Å². The fraction of sp³-hybridized carbons (Fsp3) is 0.222. The van der Waals surface area contributed by atoms with Crippen LogP contribution in [0.3, 0.4) is 0 Å². The van der Waals surface area contributed by atoms with Gasteiger partial charge in [-0.1, -0.05) is 48.5 Å². The van der Waals surface area contributed by atoms with Crippen LogP contribution in [0, 0.1) is 6.92 Å². The van der Waals surface area contributed by atoms with Crippen LogP contribution in [-0.4, -0.2) is 27.6 Å². The third-order valence-electron chi connectivity index (χ3n) is 3.55. The van der Waals surface area contributed by atoms with Gasteiger partial charge in [0.2, 0.25) is 0 Å². The number of methoxy groups -OCH3 is 1. The second-order valence-corrected chi connectivity index (χ2v) is 6.34. The summed E-state index contributed by atoms with van der Waals surface area (Å²) >= 11 is 1.68. The quantitative estimate of drug-likeness (QED) is 0.653. The number of thioether (sulfide) groups is 1. The van der Waals surface area contributed by atoms with Crippen molar-refractivity contribution in [1.29, 1.82) is 0 Å². The Morgan fingerprint density at radius 2 is 1.78 bits per heavy atom. The summed E-state index contributed by atoms with van der Waals surface area (Å²) in [6.07, 6.45) is 0. The summed E-state index contributed by atoms with van der Waals surface area (Å²) in [4.78, 5) is 0. The Morgan fingerprint density at radius 1 is 1.04 bits per heavy atom. The Labute approximate surface area is 140 Å². The Morgan fingerprint density at radius 3 is 2.48 bits per heavy atom. The molecule has 3 aromatic rings. The lowest BCUT2D eigenvalue weighted by molar-refractivity contribution is 0.416. The maximum absolute atomic E-state index is 5.49. The van der Waals surface area contributed by atoms with E-state index in [1.165, 1.54) is 5.56 Å². The first-order valence-corrected chi connectivity index (χ1v) is 8.51. The molecule has 0 aliphatic rings. The molecule has 2 aromatic carbocycles. The number of aromatic nitrogens is 3. The van der Waals surface area contributed by atoms with E-state index in [-0.39, 0.29) is 0 Å². The van der Waals surface area contributed by atoms with Gasteiger partial charge in [-0.15, -0.1) is 10.2 Å². The summed E-state index contributed by atoms with van der Waals surface area (Å²) in [7, 11) is 1.67. The van der Waals surface area contributed by atoms with Crippen LogP contribution in [-0.2, 0) is 0 Å². The molecule has 0 saturated carbocycles. The van der Waals surface area contributed by atoms with Crippen molar-refractivity contribution < 1.29 is 4.74 Å². The molecule has 0 radical (unpaired) electrons. The number of benzene rings is 2. The summed E-state index contributed by atoms with van der Waals surface area (Å²) in [6.45, 7) is 4.19. The molecule has 0 amide bonds. The molecule has 4 nitrogen and oxygen atoms in total. The van der Waals surface area contributed by atoms with E-state index in [1.807, 2.05) is 24.3 Å². The van der Waals surface area contributed by atoms with Gasteiger partial charge in [0.1, 0.15) is 5.75 Å². The monoisotopic (exact) mass is 325 g/mol. The van der Waals surface area contributed by atoms with Gasteiger partial charge >= 0.3 is 0 Å². The third kappa shape index (κ3) is 3.10. The van der Waals surface area contributed by atoms with Crippen LogP contribution in [0.2, 0.25) is 0 Å². The Hall–Kier alpha value is -2.27. The van der Waals surface area contributed by atoms with E-state index in [1.54, 1.807) is 18.9 Å². The highest BCUT2D eigenvalue weighted by atomic mass is 32.2. The summed E-state index contributed by atoms with van der Waals surface area (Å²) in [5, 5.41) is 9.69. The van der Waals surface area contributed by atoms with E-state index in [4.69, 9.17) is 4.74 Å². The van der Waals surface area contributed by atoms with Gasteiger partial charge in [0.15, 0.2) is 11.0 Å². The van der Waals surface area contributed by atoms with Gasteiger partial charge in [0, 0.05) is 5.69 Å². The molecule has 0 unspecified atom stereocenters. The average Bonchev–Trinajstić information content (AvgIpc) is 2.99. The molecule has 0 aliphatic heterocycles. The van der Waals surface area contributed by atoms with Crippen molar-refractivity contribution in [2.75, 3.05) is 12.9 Å². The van der Waals surface area contributed by atoms with E-state index in [0.717, 1.165) is 33.7 Å². The molecule has 118 valence electrons. The van der Waals surface area contributed by atoms with Gasteiger partial charge in [0.25, 0.3) is 0 Å². The van der Waals surface area contributed by atoms with Gasteiger partial charge in [-0.3, -0.25) is 4.57 Å². The zero-order valence-corrected chi connectivity index (χ0v) is 14.3. The molecule has 3 rings (SSSR count). The molecule has 1 aromatic heterocycles. The second-order valence-electron chi connectivity index (χ2n) is 5.11. The Kier molecular flexibility index (Phi) is 4.67. The maximum atomic E-state index is 5.49. The van der Waals surface area contributed by atoms with Gasteiger partial charge in [0.05, 0.1) is 12.7 Å². The number of rotatable bonds is 5. The predicted molar refractivity (Wildman–Crippen MR) is 94.5 cm³/mol. The largest absolute Gasteiger partial charge is 0.496 e. The summed E-state index contributed by atoms with van der Waals surface area (Å²) < 4.78 is 7.58. The van der Waals surface area contributed by atoms with Gasteiger partial charge in [-0.25, -0.2) is 0 Å². The van der Waals surface area contributed by atoms with Crippen molar-refractivity contribution >= 4 is 11.8 Å². The lowest BCUT2D eigenvalue weighted by Gasteiger charge is -2.12. The SMILES string of the molecule is CCSc1nnc(-c2ccccc2OC)n1-c1ccc(C)cc1. The molecule has 0 fully saturated rings. The highest BCUT2D eigenvalue weighted by Gasteiger charge is 2.18. The minimum Gasteiger partial charge on any atom is -0.496 e. The van der Waals surface area contributed by atoms with Crippen LogP contribution in [0.15, 0.2) is 53.7 Å². The van der Waals surface area contributed by atoms with Crippen molar-refractivity contribution in [3.63, 3.8) is 0 Å². The predicted octanol–water partition coefficient (Wildman–Crippen LogP) is 4.36. The molecule has 0 spiro atoms. The highest BCUT2D eigenvalue weighted by molar-refractivity contribution is 7.99. The maximum Gasteiger partial charge on any atom is 0.196 e. The van der Waals surface area contributed by atoms with Crippen LogP contribution in [0.5, 0.6) is 5.75 Å². The lowest BCUT2D eigenvalue weighted by Crippen LogP contribution is -2.01. The number of ether oxygens (including phenoxy) is 1. The summed E-state index contributed by atoms with van der Waals surface area (Å²) in [5.41, 5.74) is 3.22. The van der Waals surface area contributed by atoms with E-state index in [2.05, 4.69) is 52.9 Å². The normalized spacial score (nSPS) is 10.7. The fourth-order valence-corrected chi connectivity index (χ4v) is 3.10. The zero-order valence-electron chi connectivity index (χ0n) is 13.5. The first kappa shape index (κ1) is 15.6. The molecular weight excluding hydrogens is 306 g/mol. The number of aryl methyl sites for hydroxylation is 1. The molecule has 0 N–H and O–H groups in total. The van der Waals surface area contributed by atoms with Crippen molar-refractivity contribution in [3.8, 4) is 22.8 Å². The van der Waals surface area contributed by atoms with Crippen molar-refractivity contribution in [2.45, 2.75) is 19.0 Å². The van der Waals surface area contributed by atoms with Gasteiger partial charge < -0.3 is 4.74 Å². The fourth-order valence-electron chi connectivity index (χ4n) is 2.42. The number of nitrogens with zero attached hydrogens (tertiary/aromatic N) is 3. The highest BCUT2D eigenvalue weighted by Crippen LogP contribution is 2.33. The minimum atomic E-state index is 0.793. The van der Waals surface area contributed by atoms with Crippen molar-refractivity contribution in [3.05, 3.63) is 54.1 Å². The molecule has 0 saturated heterocycles. The standard InChI is InChI=1S/C18H19N3OS/c1-4-23-18-20-19-17(15-7-5-6-8-16(15)22-3)21(18)14-11-9-13(2)10-12-14/h5-12H,4H2,1-3H3. The zero-order chi connectivity index (χ0) is 16.2. The minimum absolute atomic E-state index is 0.793. The van der Waals surface area contributed by atoms with Crippen molar-refractivity contribution in [2.24, 2.45) is 0 Å². The van der Waals surface area contributed by atoms with E-state index in [9.17, 15) is 0 Å². The molecular formula is C18H19N3OS. The molecule has 23 heavy (non-hydrogen) atoms. The smallest absolute Gasteiger partial charge is 0.196 e. The van der Waals surface area contributed by atoms with Gasteiger partial charge in [-0.2, -0.15) is 0 Å². The third-order valence-corrected chi connectivity index (χ3v) is 4.36.